The van der Waals surface area contributed by atoms with Crippen LogP contribution in [0.5, 0.6) is 0 Å². The Morgan fingerprint density at radius 1 is 1.33 bits per heavy atom. The van der Waals surface area contributed by atoms with Gasteiger partial charge in [-0.1, -0.05) is 13.8 Å². The average Bonchev–Trinajstić information content (AvgIpc) is 2.44. The van der Waals surface area contributed by atoms with E-state index in [1.54, 1.807) is 0 Å². The summed E-state index contributed by atoms with van der Waals surface area (Å²) in [6.07, 6.45) is 4.83. The molecule has 0 amide bonds. The van der Waals surface area contributed by atoms with Gasteiger partial charge in [0.1, 0.15) is 0 Å². The van der Waals surface area contributed by atoms with Crippen LogP contribution in [-0.2, 0) is 4.74 Å². The van der Waals surface area contributed by atoms with E-state index in [1.807, 2.05) is 0 Å². The van der Waals surface area contributed by atoms with Crippen molar-refractivity contribution in [2.24, 2.45) is 16.8 Å². The first-order chi connectivity index (χ1) is 9.63. The molecule has 0 bridgehead atoms. The molecule has 0 spiro atoms. The summed E-state index contributed by atoms with van der Waals surface area (Å²) < 4.78 is 5.42. The first-order valence-corrected chi connectivity index (χ1v) is 8.20. The number of guanidine groups is 1. The van der Waals surface area contributed by atoms with Gasteiger partial charge in [0, 0.05) is 39.9 Å². The van der Waals surface area contributed by atoms with Gasteiger partial charge in [-0.3, -0.25) is 4.99 Å². The second kappa shape index (κ2) is 12.5. The van der Waals surface area contributed by atoms with E-state index in [0.717, 1.165) is 51.1 Å². The van der Waals surface area contributed by atoms with E-state index < -0.39 is 0 Å². The van der Waals surface area contributed by atoms with Crippen molar-refractivity contribution in [2.75, 3.05) is 39.9 Å². The quantitative estimate of drug-likeness (QED) is 0.397. The highest BCUT2D eigenvalue weighted by molar-refractivity contribution is 14.0. The van der Waals surface area contributed by atoms with E-state index >= 15 is 0 Å². The second-order valence-corrected chi connectivity index (χ2v) is 6.18. The van der Waals surface area contributed by atoms with Crippen LogP contribution in [0.15, 0.2) is 4.99 Å². The van der Waals surface area contributed by atoms with Gasteiger partial charge in [-0.2, -0.15) is 0 Å². The molecule has 0 aliphatic carbocycles. The third-order valence-electron chi connectivity index (χ3n) is 3.88. The molecule has 5 heteroatoms. The third-order valence-corrected chi connectivity index (χ3v) is 3.88. The van der Waals surface area contributed by atoms with Gasteiger partial charge in [0.15, 0.2) is 5.96 Å². The maximum absolute atomic E-state index is 5.42. The van der Waals surface area contributed by atoms with Gasteiger partial charge in [-0.15, -0.1) is 24.0 Å². The van der Waals surface area contributed by atoms with Gasteiger partial charge in [0.2, 0.25) is 0 Å². The third kappa shape index (κ3) is 9.55. The molecule has 1 heterocycles. The molecule has 0 aromatic rings. The fourth-order valence-corrected chi connectivity index (χ4v) is 2.42. The number of hydrogen-bond donors (Lipinski definition) is 1. The average molecular weight is 411 g/mol. The Balaban J connectivity index is 0.00000400. The monoisotopic (exact) mass is 411 g/mol. The Hall–Kier alpha value is -0.0400. The zero-order chi connectivity index (χ0) is 14.8. The van der Waals surface area contributed by atoms with Gasteiger partial charge in [-0.25, -0.2) is 0 Å². The molecule has 0 aromatic carbocycles. The molecule has 1 N–H and O–H groups in total. The van der Waals surface area contributed by atoms with Gasteiger partial charge in [0.25, 0.3) is 0 Å². The summed E-state index contributed by atoms with van der Waals surface area (Å²) in [7, 11) is 2.15. The summed E-state index contributed by atoms with van der Waals surface area (Å²) in [5.74, 6) is 2.60. The molecule has 126 valence electrons. The Bertz CT molecular complexity index is 279. The van der Waals surface area contributed by atoms with Gasteiger partial charge in [-0.05, 0) is 44.4 Å². The van der Waals surface area contributed by atoms with Crippen molar-refractivity contribution >= 4 is 29.9 Å². The molecule has 1 aliphatic heterocycles. The molecule has 1 rings (SSSR count). The van der Waals surface area contributed by atoms with Gasteiger partial charge < -0.3 is 15.0 Å². The molecule has 0 aromatic heterocycles. The lowest BCUT2D eigenvalue weighted by Gasteiger charge is -2.27. The molecule has 1 aliphatic rings. The maximum atomic E-state index is 5.42. The van der Waals surface area contributed by atoms with Crippen molar-refractivity contribution in [1.29, 1.82) is 0 Å². The first-order valence-electron chi connectivity index (χ1n) is 8.20. The molecule has 0 radical (unpaired) electrons. The van der Waals surface area contributed by atoms with Crippen molar-refractivity contribution in [1.82, 2.24) is 10.2 Å². The van der Waals surface area contributed by atoms with E-state index in [0.29, 0.717) is 5.92 Å². The molecule has 21 heavy (non-hydrogen) atoms. The van der Waals surface area contributed by atoms with Crippen LogP contribution in [0.2, 0.25) is 0 Å². The molecular formula is C16H34IN3O. The van der Waals surface area contributed by atoms with Crippen LogP contribution in [0.1, 0.15) is 46.5 Å². The predicted octanol–water partition coefficient (Wildman–Crippen LogP) is 3.36. The fourth-order valence-electron chi connectivity index (χ4n) is 2.42. The maximum Gasteiger partial charge on any atom is 0.193 e. The first kappa shape index (κ1) is 21.0. The SMILES string of the molecule is CCNC(=NCCC(C)C)N(C)CCC1CCOCC1.I. The Morgan fingerprint density at radius 2 is 2.00 bits per heavy atom. The molecular weight excluding hydrogens is 377 g/mol. The largest absolute Gasteiger partial charge is 0.381 e. The minimum Gasteiger partial charge on any atom is -0.381 e. The molecule has 1 fully saturated rings. The highest BCUT2D eigenvalue weighted by Crippen LogP contribution is 2.18. The van der Waals surface area contributed by atoms with Crippen molar-refractivity contribution < 1.29 is 4.74 Å². The normalized spacial score (nSPS) is 16.7. The molecule has 0 atom stereocenters. The lowest BCUT2D eigenvalue weighted by Crippen LogP contribution is -2.40. The highest BCUT2D eigenvalue weighted by Gasteiger charge is 2.15. The van der Waals surface area contributed by atoms with Crippen molar-refractivity contribution in [3.05, 3.63) is 0 Å². The van der Waals surface area contributed by atoms with Crippen LogP contribution in [0.25, 0.3) is 0 Å². The van der Waals surface area contributed by atoms with Crippen molar-refractivity contribution in [3.8, 4) is 0 Å². The van der Waals surface area contributed by atoms with E-state index in [1.165, 1.54) is 19.3 Å². The number of nitrogens with zero attached hydrogens (tertiary/aromatic N) is 2. The fraction of sp³-hybridized carbons (Fsp3) is 0.938. The summed E-state index contributed by atoms with van der Waals surface area (Å²) in [6, 6.07) is 0. The zero-order valence-electron chi connectivity index (χ0n) is 14.2. The second-order valence-electron chi connectivity index (χ2n) is 6.18. The topological polar surface area (TPSA) is 36.9 Å². The standard InChI is InChI=1S/C16H33N3O.HI/c1-5-17-16(18-10-6-14(2)3)19(4)11-7-15-8-12-20-13-9-15;/h14-15H,5-13H2,1-4H3,(H,17,18);1H. The van der Waals surface area contributed by atoms with Crippen molar-refractivity contribution in [3.63, 3.8) is 0 Å². The van der Waals surface area contributed by atoms with Crippen LogP contribution in [0, 0.1) is 11.8 Å². The van der Waals surface area contributed by atoms with E-state index in [-0.39, 0.29) is 24.0 Å². The molecule has 0 saturated carbocycles. The number of ether oxygens (including phenoxy) is 1. The van der Waals surface area contributed by atoms with Crippen molar-refractivity contribution in [2.45, 2.75) is 46.5 Å². The molecule has 4 nitrogen and oxygen atoms in total. The summed E-state index contributed by atoms with van der Waals surface area (Å²) >= 11 is 0. The van der Waals surface area contributed by atoms with Gasteiger partial charge in [0.05, 0.1) is 0 Å². The zero-order valence-corrected chi connectivity index (χ0v) is 16.6. The van der Waals surface area contributed by atoms with Gasteiger partial charge >= 0.3 is 0 Å². The van der Waals surface area contributed by atoms with Crippen LogP contribution < -0.4 is 5.32 Å². The molecule has 0 unspecified atom stereocenters. The van der Waals surface area contributed by atoms with E-state index in [4.69, 9.17) is 9.73 Å². The molecule has 1 saturated heterocycles. The highest BCUT2D eigenvalue weighted by atomic mass is 127. The van der Waals surface area contributed by atoms with E-state index in [9.17, 15) is 0 Å². The van der Waals surface area contributed by atoms with Crippen LogP contribution in [-0.4, -0.2) is 50.8 Å². The van der Waals surface area contributed by atoms with Crippen LogP contribution >= 0.6 is 24.0 Å². The Labute approximate surface area is 148 Å². The number of halogens is 1. The Kier molecular flexibility index (Phi) is 12.5. The minimum atomic E-state index is 0. The smallest absolute Gasteiger partial charge is 0.193 e. The van der Waals surface area contributed by atoms with Crippen LogP contribution in [0.4, 0.5) is 0 Å². The lowest BCUT2D eigenvalue weighted by molar-refractivity contribution is 0.0625. The minimum absolute atomic E-state index is 0. The summed E-state index contributed by atoms with van der Waals surface area (Å²) in [5.41, 5.74) is 0. The predicted molar refractivity (Wildman–Crippen MR) is 102 cm³/mol. The lowest BCUT2D eigenvalue weighted by atomic mass is 9.96. The number of aliphatic imine (C=N–C) groups is 1. The summed E-state index contributed by atoms with van der Waals surface area (Å²) in [6.45, 7) is 11.4. The summed E-state index contributed by atoms with van der Waals surface area (Å²) in [4.78, 5) is 7.00. The van der Waals surface area contributed by atoms with E-state index in [2.05, 4.69) is 38.0 Å². The number of nitrogens with one attached hydrogen (secondary N) is 1. The Morgan fingerprint density at radius 3 is 2.57 bits per heavy atom. The summed E-state index contributed by atoms with van der Waals surface area (Å²) in [5, 5.41) is 3.40. The number of hydrogen-bond acceptors (Lipinski definition) is 2. The van der Waals surface area contributed by atoms with Crippen LogP contribution in [0.3, 0.4) is 0 Å². The number of rotatable bonds is 7.